The van der Waals surface area contributed by atoms with Crippen LogP contribution in [0, 0.1) is 5.92 Å². The fourth-order valence-corrected chi connectivity index (χ4v) is 1.62. The molecule has 50 valence electrons. The van der Waals surface area contributed by atoms with Crippen molar-refractivity contribution in [2.75, 3.05) is 0 Å². The Hall–Kier alpha value is -0.370. The molecule has 1 N–H and O–H groups in total. The summed E-state index contributed by atoms with van der Waals surface area (Å²) in [5.74, 6) is 0.764. The summed E-state index contributed by atoms with van der Waals surface area (Å²) in [6.45, 7) is 4.46. The standard InChI is InChI=1S/C7H11NS/c1-6(2)5-7-8-3-4-9-7/h3-4,6H,5H2,1-2H3/p+1. The fourth-order valence-electron chi connectivity index (χ4n) is 0.755. The van der Waals surface area contributed by atoms with E-state index >= 15 is 0 Å². The van der Waals surface area contributed by atoms with Gasteiger partial charge in [-0.05, 0) is 5.92 Å². The minimum atomic E-state index is 0.764. The van der Waals surface area contributed by atoms with Gasteiger partial charge in [0.25, 0.3) is 0 Å². The Labute approximate surface area is 59.8 Å². The zero-order valence-electron chi connectivity index (χ0n) is 5.85. The van der Waals surface area contributed by atoms with Crippen molar-refractivity contribution in [2.24, 2.45) is 5.92 Å². The highest BCUT2D eigenvalue weighted by Crippen LogP contribution is 2.06. The molecular weight excluding hydrogens is 130 g/mol. The van der Waals surface area contributed by atoms with E-state index in [0.29, 0.717) is 0 Å². The lowest BCUT2D eigenvalue weighted by Gasteiger charge is -1.93. The fraction of sp³-hybridized carbons (Fsp3) is 0.571. The number of H-pyrrole nitrogens is 1. The molecule has 0 bridgehead atoms. The summed E-state index contributed by atoms with van der Waals surface area (Å²) in [5, 5.41) is 3.46. The minimum absolute atomic E-state index is 0.764. The summed E-state index contributed by atoms with van der Waals surface area (Å²) < 4.78 is 0. The second-order valence-electron chi connectivity index (χ2n) is 2.59. The van der Waals surface area contributed by atoms with E-state index in [4.69, 9.17) is 0 Å². The molecule has 0 aromatic carbocycles. The first-order chi connectivity index (χ1) is 4.29. The first-order valence-corrected chi connectivity index (χ1v) is 4.11. The number of rotatable bonds is 2. The molecule has 1 nitrogen and oxygen atoms in total. The van der Waals surface area contributed by atoms with Gasteiger partial charge in [-0.25, -0.2) is 4.98 Å². The maximum atomic E-state index is 3.19. The van der Waals surface area contributed by atoms with E-state index in [9.17, 15) is 0 Å². The smallest absolute Gasteiger partial charge is 0.206 e. The molecule has 0 amide bonds. The molecule has 0 aliphatic carbocycles. The summed E-state index contributed by atoms with van der Waals surface area (Å²) in [6, 6.07) is 0. The summed E-state index contributed by atoms with van der Waals surface area (Å²) in [7, 11) is 0. The van der Waals surface area contributed by atoms with Gasteiger partial charge >= 0.3 is 0 Å². The summed E-state index contributed by atoms with van der Waals surface area (Å²) in [6.07, 6.45) is 3.17. The Kier molecular flexibility index (Phi) is 2.22. The van der Waals surface area contributed by atoms with Gasteiger partial charge in [0.2, 0.25) is 5.01 Å². The number of hydrogen-bond acceptors (Lipinski definition) is 1. The Morgan fingerprint density at radius 2 is 2.44 bits per heavy atom. The number of hydrogen-bond donors (Lipinski definition) is 0. The molecular formula is C7H12NS+. The van der Waals surface area contributed by atoms with Gasteiger partial charge in [0.1, 0.15) is 0 Å². The second-order valence-corrected chi connectivity index (χ2v) is 3.59. The van der Waals surface area contributed by atoms with Crippen LogP contribution >= 0.6 is 11.3 Å². The zero-order valence-corrected chi connectivity index (χ0v) is 6.66. The molecule has 1 aromatic heterocycles. The normalized spacial score (nSPS) is 10.6. The van der Waals surface area contributed by atoms with Crippen LogP contribution in [0.2, 0.25) is 0 Å². The predicted molar refractivity (Wildman–Crippen MR) is 39.4 cm³/mol. The molecule has 9 heavy (non-hydrogen) atoms. The molecule has 0 unspecified atom stereocenters. The average molecular weight is 142 g/mol. The van der Waals surface area contributed by atoms with Crippen LogP contribution in [0.25, 0.3) is 0 Å². The van der Waals surface area contributed by atoms with Gasteiger partial charge in [0.05, 0.1) is 5.38 Å². The van der Waals surface area contributed by atoms with E-state index in [-0.39, 0.29) is 0 Å². The van der Waals surface area contributed by atoms with Crippen molar-refractivity contribution in [3.05, 3.63) is 16.6 Å². The Bertz CT molecular complexity index is 155. The number of thiazole rings is 1. The van der Waals surface area contributed by atoms with Crippen LogP contribution < -0.4 is 4.98 Å². The van der Waals surface area contributed by atoms with Gasteiger partial charge in [0, 0.05) is 6.42 Å². The maximum Gasteiger partial charge on any atom is 0.235 e. The third kappa shape index (κ3) is 2.14. The van der Waals surface area contributed by atoms with Crippen LogP contribution in [0.1, 0.15) is 18.9 Å². The van der Waals surface area contributed by atoms with Crippen LogP contribution in [0.5, 0.6) is 0 Å². The highest BCUT2D eigenvalue weighted by molar-refractivity contribution is 7.09. The Morgan fingerprint density at radius 3 is 2.89 bits per heavy atom. The van der Waals surface area contributed by atoms with E-state index in [1.807, 2.05) is 6.20 Å². The van der Waals surface area contributed by atoms with Crippen LogP contribution in [0.3, 0.4) is 0 Å². The van der Waals surface area contributed by atoms with Crippen molar-refractivity contribution >= 4 is 11.3 Å². The molecule has 0 spiro atoms. The minimum Gasteiger partial charge on any atom is -0.206 e. The van der Waals surface area contributed by atoms with Crippen LogP contribution in [-0.4, -0.2) is 0 Å². The van der Waals surface area contributed by atoms with Gasteiger partial charge < -0.3 is 0 Å². The van der Waals surface area contributed by atoms with Gasteiger partial charge in [-0.15, -0.1) is 0 Å². The van der Waals surface area contributed by atoms with Crippen LogP contribution in [0.4, 0.5) is 0 Å². The third-order valence-electron chi connectivity index (χ3n) is 1.12. The van der Waals surface area contributed by atoms with Crippen molar-refractivity contribution in [1.82, 2.24) is 0 Å². The second kappa shape index (κ2) is 2.97. The van der Waals surface area contributed by atoms with Crippen LogP contribution in [0.15, 0.2) is 11.6 Å². The highest BCUT2D eigenvalue weighted by atomic mass is 32.1. The van der Waals surface area contributed by atoms with Crippen molar-refractivity contribution in [3.8, 4) is 0 Å². The lowest BCUT2D eigenvalue weighted by atomic mass is 10.1. The molecule has 0 saturated heterocycles. The van der Waals surface area contributed by atoms with E-state index < -0.39 is 0 Å². The molecule has 1 aromatic rings. The predicted octanol–water partition coefficient (Wildman–Crippen LogP) is 1.76. The largest absolute Gasteiger partial charge is 0.235 e. The summed E-state index contributed by atoms with van der Waals surface area (Å²) >= 11 is 1.80. The SMILES string of the molecule is CC(C)Cc1[nH+]ccs1. The van der Waals surface area contributed by atoms with E-state index in [0.717, 1.165) is 5.92 Å². The highest BCUT2D eigenvalue weighted by Gasteiger charge is 2.03. The van der Waals surface area contributed by atoms with Gasteiger partial charge in [-0.3, -0.25) is 0 Å². The quantitative estimate of drug-likeness (QED) is 0.597. The van der Waals surface area contributed by atoms with Gasteiger partial charge in [-0.1, -0.05) is 25.2 Å². The lowest BCUT2D eigenvalue weighted by molar-refractivity contribution is -0.382. The number of nitrogens with one attached hydrogen (secondary N) is 1. The average Bonchev–Trinajstić information content (AvgIpc) is 2.15. The maximum absolute atomic E-state index is 3.19. The molecule has 0 fully saturated rings. The Balaban J connectivity index is 2.48. The molecule has 1 rings (SSSR count). The summed E-state index contributed by atoms with van der Waals surface area (Å²) in [4.78, 5) is 3.19. The lowest BCUT2D eigenvalue weighted by Crippen LogP contribution is -2.06. The molecule has 1 heterocycles. The molecule has 0 radical (unpaired) electrons. The topological polar surface area (TPSA) is 14.1 Å². The molecule has 0 saturated carbocycles. The van der Waals surface area contributed by atoms with Gasteiger partial charge in [-0.2, -0.15) is 0 Å². The van der Waals surface area contributed by atoms with Crippen molar-refractivity contribution in [1.29, 1.82) is 0 Å². The van der Waals surface area contributed by atoms with E-state index in [1.165, 1.54) is 11.4 Å². The van der Waals surface area contributed by atoms with Crippen molar-refractivity contribution in [2.45, 2.75) is 20.3 Å². The first kappa shape index (κ1) is 6.75. The van der Waals surface area contributed by atoms with Gasteiger partial charge in [0.15, 0.2) is 6.20 Å². The molecule has 2 heteroatoms. The Morgan fingerprint density at radius 1 is 1.67 bits per heavy atom. The monoisotopic (exact) mass is 142 g/mol. The zero-order chi connectivity index (χ0) is 6.69. The molecule has 0 aliphatic rings. The molecule has 0 aliphatic heterocycles. The third-order valence-corrected chi connectivity index (χ3v) is 1.96. The van der Waals surface area contributed by atoms with Crippen molar-refractivity contribution < 1.29 is 4.98 Å². The van der Waals surface area contributed by atoms with Crippen LogP contribution in [-0.2, 0) is 6.42 Å². The molecule has 0 atom stereocenters. The first-order valence-electron chi connectivity index (χ1n) is 3.23. The summed E-state index contributed by atoms with van der Waals surface area (Å²) in [5.41, 5.74) is 0. The van der Waals surface area contributed by atoms with E-state index in [1.54, 1.807) is 11.3 Å². The number of aromatic amines is 1. The van der Waals surface area contributed by atoms with E-state index in [2.05, 4.69) is 24.2 Å². The van der Waals surface area contributed by atoms with Crippen molar-refractivity contribution in [3.63, 3.8) is 0 Å². The number of aromatic nitrogens is 1.